The van der Waals surface area contributed by atoms with E-state index in [1.807, 2.05) is 0 Å². The average Bonchev–Trinajstić information content (AvgIpc) is 2.72. The Kier molecular flexibility index (Phi) is 5.97. The Morgan fingerprint density at radius 1 is 1.60 bits per heavy atom. The molecule has 0 amide bonds. The minimum Gasteiger partial charge on any atom is -0.383 e. The van der Waals surface area contributed by atoms with E-state index in [1.54, 1.807) is 7.11 Å². The van der Waals surface area contributed by atoms with Crippen molar-refractivity contribution in [2.24, 2.45) is 11.7 Å². The third-order valence-corrected chi connectivity index (χ3v) is 4.57. The van der Waals surface area contributed by atoms with E-state index in [-0.39, 0.29) is 0 Å². The quantitative estimate of drug-likeness (QED) is 0.742. The summed E-state index contributed by atoms with van der Waals surface area (Å²) in [4.78, 5) is 2.39. The van der Waals surface area contributed by atoms with Gasteiger partial charge in [-0.3, -0.25) is 4.90 Å². The zero-order chi connectivity index (χ0) is 11.3. The van der Waals surface area contributed by atoms with Gasteiger partial charge in [-0.2, -0.15) is 11.8 Å². The van der Waals surface area contributed by atoms with Gasteiger partial charge in [0, 0.05) is 25.7 Å². The highest BCUT2D eigenvalue weighted by molar-refractivity contribution is 7.99. The van der Waals surface area contributed by atoms with Crippen molar-refractivity contribution in [3.63, 3.8) is 0 Å². The fraction of sp³-hybridized carbons (Fsp3) is 1.00. The summed E-state index contributed by atoms with van der Waals surface area (Å²) in [7, 11) is 3.93. The van der Waals surface area contributed by atoms with Gasteiger partial charge in [-0.1, -0.05) is 0 Å². The standard InChI is InChI=1S/C11H24N2OS/c1-9(7-14-3)13(2)11(6-12)10-4-5-15-8-10/h9-11H,4-8,12H2,1-3H3. The molecule has 15 heavy (non-hydrogen) atoms. The molecular formula is C11H24N2OS. The van der Waals surface area contributed by atoms with E-state index < -0.39 is 0 Å². The first-order valence-electron chi connectivity index (χ1n) is 5.69. The fourth-order valence-corrected chi connectivity index (χ4v) is 3.56. The second-order valence-electron chi connectivity index (χ2n) is 4.40. The van der Waals surface area contributed by atoms with Gasteiger partial charge in [0.2, 0.25) is 0 Å². The molecule has 1 aliphatic rings. The van der Waals surface area contributed by atoms with E-state index in [0.29, 0.717) is 12.1 Å². The maximum absolute atomic E-state index is 5.90. The highest BCUT2D eigenvalue weighted by Gasteiger charge is 2.29. The second kappa shape index (κ2) is 6.74. The summed E-state index contributed by atoms with van der Waals surface area (Å²) in [5.41, 5.74) is 5.90. The predicted molar refractivity (Wildman–Crippen MR) is 67.4 cm³/mol. The molecule has 0 aromatic carbocycles. The Bertz CT molecular complexity index is 174. The number of hydrogen-bond donors (Lipinski definition) is 1. The van der Waals surface area contributed by atoms with E-state index in [4.69, 9.17) is 10.5 Å². The number of thioether (sulfide) groups is 1. The van der Waals surface area contributed by atoms with Crippen LogP contribution in [0.3, 0.4) is 0 Å². The normalized spacial score (nSPS) is 25.8. The Morgan fingerprint density at radius 3 is 2.80 bits per heavy atom. The molecule has 0 spiro atoms. The van der Waals surface area contributed by atoms with Gasteiger partial charge in [0.1, 0.15) is 0 Å². The van der Waals surface area contributed by atoms with Gasteiger partial charge >= 0.3 is 0 Å². The molecule has 1 aliphatic heterocycles. The van der Waals surface area contributed by atoms with E-state index in [2.05, 4.69) is 30.6 Å². The van der Waals surface area contributed by atoms with Gasteiger partial charge in [0.25, 0.3) is 0 Å². The van der Waals surface area contributed by atoms with Crippen LogP contribution in [0.5, 0.6) is 0 Å². The summed E-state index contributed by atoms with van der Waals surface area (Å²) >= 11 is 2.05. The average molecular weight is 232 g/mol. The number of rotatable bonds is 6. The van der Waals surface area contributed by atoms with Crippen LogP contribution in [0.4, 0.5) is 0 Å². The highest BCUT2D eigenvalue weighted by atomic mass is 32.2. The molecule has 1 rings (SSSR count). The molecule has 0 aromatic heterocycles. The molecule has 1 saturated heterocycles. The van der Waals surface area contributed by atoms with Gasteiger partial charge in [0.05, 0.1) is 6.61 Å². The van der Waals surface area contributed by atoms with Crippen LogP contribution < -0.4 is 5.73 Å². The van der Waals surface area contributed by atoms with Crippen LogP contribution in [0.25, 0.3) is 0 Å². The van der Waals surface area contributed by atoms with Crippen molar-refractivity contribution in [2.75, 3.05) is 38.8 Å². The van der Waals surface area contributed by atoms with Gasteiger partial charge in [-0.25, -0.2) is 0 Å². The van der Waals surface area contributed by atoms with Crippen LogP contribution in [0.15, 0.2) is 0 Å². The molecule has 1 fully saturated rings. The zero-order valence-corrected chi connectivity index (χ0v) is 10.9. The number of likely N-dealkylation sites (N-methyl/N-ethyl adjacent to an activating group) is 1. The first-order valence-corrected chi connectivity index (χ1v) is 6.84. The number of nitrogens with zero attached hydrogens (tertiary/aromatic N) is 1. The molecule has 3 nitrogen and oxygen atoms in total. The van der Waals surface area contributed by atoms with E-state index in [9.17, 15) is 0 Å². The summed E-state index contributed by atoms with van der Waals surface area (Å²) in [5.74, 6) is 3.34. The molecule has 3 atom stereocenters. The largest absolute Gasteiger partial charge is 0.383 e. The number of methoxy groups -OCH3 is 1. The van der Waals surface area contributed by atoms with E-state index in [1.165, 1.54) is 17.9 Å². The lowest BCUT2D eigenvalue weighted by molar-refractivity contribution is 0.0745. The Balaban J connectivity index is 2.48. The summed E-state index contributed by atoms with van der Waals surface area (Å²) < 4.78 is 5.19. The van der Waals surface area contributed by atoms with Crippen molar-refractivity contribution in [1.29, 1.82) is 0 Å². The van der Waals surface area contributed by atoms with Crippen molar-refractivity contribution < 1.29 is 4.74 Å². The fourth-order valence-electron chi connectivity index (χ4n) is 2.23. The van der Waals surface area contributed by atoms with Crippen LogP contribution in [-0.2, 0) is 4.74 Å². The van der Waals surface area contributed by atoms with Crippen LogP contribution in [-0.4, -0.2) is 55.8 Å². The molecule has 0 radical (unpaired) electrons. The van der Waals surface area contributed by atoms with Crippen LogP contribution >= 0.6 is 11.8 Å². The molecule has 0 aromatic rings. The number of ether oxygens (including phenoxy) is 1. The third kappa shape index (κ3) is 3.63. The number of hydrogen-bond acceptors (Lipinski definition) is 4. The van der Waals surface area contributed by atoms with E-state index in [0.717, 1.165) is 19.1 Å². The van der Waals surface area contributed by atoms with Crippen LogP contribution in [0.1, 0.15) is 13.3 Å². The molecule has 1 heterocycles. The summed E-state index contributed by atoms with van der Waals surface area (Å²) in [6.07, 6.45) is 1.32. The highest BCUT2D eigenvalue weighted by Crippen LogP contribution is 2.28. The number of nitrogens with two attached hydrogens (primary N) is 1. The maximum atomic E-state index is 5.90. The Hall–Kier alpha value is 0.230. The summed E-state index contributed by atoms with van der Waals surface area (Å²) in [5, 5.41) is 0. The third-order valence-electron chi connectivity index (χ3n) is 3.38. The molecule has 2 N–H and O–H groups in total. The lowest BCUT2D eigenvalue weighted by Crippen LogP contribution is -2.48. The maximum Gasteiger partial charge on any atom is 0.0615 e. The van der Waals surface area contributed by atoms with Crippen molar-refractivity contribution in [3.8, 4) is 0 Å². The van der Waals surface area contributed by atoms with Crippen LogP contribution in [0, 0.1) is 5.92 Å². The minimum absolute atomic E-state index is 0.453. The van der Waals surface area contributed by atoms with Crippen molar-refractivity contribution in [1.82, 2.24) is 4.90 Å². The zero-order valence-electron chi connectivity index (χ0n) is 10.1. The van der Waals surface area contributed by atoms with Gasteiger partial charge in [-0.15, -0.1) is 0 Å². The van der Waals surface area contributed by atoms with Gasteiger partial charge < -0.3 is 10.5 Å². The van der Waals surface area contributed by atoms with Crippen LogP contribution in [0.2, 0.25) is 0 Å². The Morgan fingerprint density at radius 2 is 2.33 bits per heavy atom. The predicted octanol–water partition coefficient (Wildman–Crippen LogP) is 1.03. The first-order chi connectivity index (χ1) is 7.20. The second-order valence-corrected chi connectivity index (χ2v) is 5.55. The smallest absolute Gasteiger partial charge is 0.0615 e. The topological polar surface area (TPSA) is 38.5 Å². The van der Waals surface area contributed by atoms with Crippen molar-refractivity contribution >= 4 is 11.8 Å². The molecule has 0 saturated carbocycles. The van der Waals surface area contributed by atoms with Crippen molar-refractivity contribution in [3.05, 3.63) is 0 Å². The molecule has 90 valence electrons. The van der Waals surface area contributed by atoms with E-state index >= 15 is 0 Å². The molecule has 4 heteroatoms. The Labute approximate surface area is 97.7 Å². The SMILES string of the molecule is COCC(C)N(C)C(CN)C1CCSC1. The molecule has 0 bridgehead atoms. The van der Waals surface area contributed by atoms with Crippen molar-refractivity contribution in [2.45, 2.75) is 25.4 Å². The summed E-state index contributed by atoms with van der Waals surface area (Å²) in [6, 6.07) is 0.972. The van der Waals surface area contributed by atoms with Gasteiger partial charge in [-0.05, 0) is 37.8 Å². The minimum atomic E-state index is 0.453. The lowest BCUT2D eigenvalue weighted by Gasteiger charge is -2.35. The monoisotopic (exact) mass is 232 g/mol. The first kappa shape index (κ1) is 13.3. The summed E-state index contributed by atoms with van der Waals surface area (Å²) in [6.45, 7) is 3.75. The lowest BCUT2D eigenvalue weighted by atomic mass is 9.97. The van der Waals surface area contributed by atoms with Gasteiger partial charge in [0.15, 0.2) is 0 Å². The molecule has 0 aliphatic carbocycles. The molecular weight excluding hydrogens is 208 g/mol. The molecule has 3 unspecified atom stereocenters.